The highest BCUT2D eigenvalue weighted by atomic mass is 35.5. The molecule has 240 valence electrons. The molecule has 1 N–H and O–H groups in total. The molecule has 3 aromatic rings. The fraction of sp³-hybridized carbons (Fsp3) is 0.588. The number of nitrogens with zero attached hydrogens (tertiary/aromatic N) is 3. The van der Waals surface area contributed by atoms with E-state index in [0.29, 0.717) is 18.2 Å². The molecule has 5 rings (SSSR count). The van der Waals surface area contributed by atoms with E-state index in [1.165, 1.54) is 11.3 Å². The van der Waals surface area contributed by atoms with Gasteiger partial charge in [0, 0.05) is 52.0 Å². The number of pyridine rings is 1. The standard InChI is InChI=1S/C34H48ClN3O4SSi/c1-32(2,3)42-31(40)38-19-24(18-34(38,7)21-41-44(8,9)33(4,5)6)37-14-10-11-22-15-23(35)16-27(29(22)37)26-12-13-36-28-17-25(20-39)43-30(26)28/h12-13,15-17,24,39H,10-11,14,18-21H2,1-9H3/t24-,34+/m0/s1. The molecule has 0 saturated carbocycles. The Bertz CT molecular complexity index is 1550. The summed E-state index contributed by atoms with van der Waals surface area (Å²) in [6.07, 6.45) is 4.25. The van der Waals surface area contributed by atoms with Gasteiger partial charge in [-0.1, -0.05) is 32.4 Å². The molecule has 10 heteroatoms. The van der Waals surface area contributed by atoms with Crippen molar-refractivity contribution in [1.29, 1.82) is 0 Å². The summed E-state index contributed by atoms with van der Waals surface area (Å²) < 4.78 is 13.8. The monoisotopic (exact) mass is 657 g/mol. The van der Waals surface area contributed by atoms with Gasteiger partial charge in [0.25, 0.3) is 0 Å². The molecule has 7 nitrogen and oxygen atoms in total. The lowest BCUT2D eigenvalue weighted by Crippen LogP contribution is -2.53. The number of hydrogen-bond acceptors (Lipinski definition) is 7. The average Bonchev–Trinajstić information content (AvgIpc) is 3.51. The average molecular weight is 658 g/mol. The first-order valence-corrected chi connectivity index (χ1v) is 19.7. The van der Waals surface area contributed by atoms with Crippen molar-refractivity contribution in [2.75, 3.05) is 24.6 Å². The molecule has 1 amide bonds. The Morgan fingerprint density at radius 2 is 1.91 bits per heavy atom. The van der Waals surface area contributed by atoms with Crippen LogP contribution in [0, 0.1) is 0 Å². The van der Waals surface area contributed by atoms with E-state index in [0.717, 1.165) is 52.0 Å². The minimum absolute atomic E-state index is 0.0155. The van der Waals surface area contributed by atoms with Crippen LogP contribution in [0.2, 0.25) is 23.2 Å². The fourth-order valence-electron chi connectivity index (χ4n) is 6.21. The van der Waals surface area contributed by atoms with Crippen LogP contribution in [0.4, 0.5) is 10.5 Å². The number of benzene rings is 1. The van der Waals surface area contributed by atoms with Crippen LogP contribution in [0.1, 0.15) is 71.7 Å². The number of rotatable bonds is 6. The number of thiophene rings is 1. The normalized spacial score (nSPS) is 21.2. The van der Waals surface area contributed by atoms with Gasteiger partial charge in [-0.2, -0.15) is 0 Å². The predicted molar refractivity (Wildman–Crippen MR) is 185 cm³/mol. The molecule has 0 spiro atoms. The molecule has 2 aliphatic heterocycles. The number of likely N-dealkylation sites (tertiary alicyclic amines) is 1. The van der Waals surface area contributed by atoms with Crippen molar-refractivity contribution in [3.8, 4) is 11.1 Å². The summed E-state index contributed by atoms with van der Waals surface area (Å²) in [4.78, 5) is 23.7. The van der Waals surface area contributed by atoms with E-state index in [2.05, 4.69) is 68.9 Å². The van der Waals surface area contributed by atoms with Crippen LogP contribution in [-0.2, 0) is 22.2 Å². The van der Waals surface area contributed by atoms with Crippen LogP contribution in [0.5, 0.6) is 0 Å². The second kappa shape index (κ2) is 11.9. The lowest BCUT2D eigenvalue weighted by Gasteiger charge is -2.42. The number of fused-ring (bicyclic) bond motifs is 2. The number of carbonyl (C=O) groups excluding carboxylic acids is 1. The van der Waals surface area contributed by atoms with Crippen molar-refractivity contribution in [3.63, 3.8) is 0 Å². The first-order valence-electron chi connectivity index (χ1n) is 15.6. The first-order chi connectivity index (χ1) is 20.4. The molecule has 0 bridgehead atoms. The third kappa shape index (κ3) is 6.54. The summed E-state index contributed by atoms with van der Waals surface area (Å²) in [6.45, 7) is 21.1. The molecular formula is C34H48ClN3O4SSi. The van der Waals surface area contributed by atoms with E-state index < -0.39 is 19.5 Å². The molecular weight excluding hydrogens is 610 g/mol. The van der Waals surface area contributed by atoms with Gasteiger partial charge in [0.1, 0.15) is 5.60 Å². The lowest BCUT2D eigenvalue weighted by atomic mass is 9.91. The Balaban J connectivity index is 1.56. The van der Waals surface area contributed by atoms with Gasteiger partial charge in [-0.05, 0) is 94.9 Å². The third-order valence-electron chi connectivity index (χ3n) is 9.52. The van der Waals surface area contributed by atoms with E-state index in [-0.39, 0.29) is 23.8 Å². The van der Waals surface area contributed by atoms with E-state index in [1.807, 2.05) is 37.9 Å². The van der Waals surface area contributed by atoms with Crippen molar-refractivity contribution in [3.05, 3.63) is 45.9 Å². The largest absolute Gasteiger partial charge is 0.444 e. The van der Waals surface area contributed by atoms with Crippen molar-refractivity contribution in [1.82, 2.24) is 9.88 Å². The predicted octanol–water partition coefficient (Wildman–Crippen LogP) is 8.65. The number of halogens is 1. The first kappa shape index (κ1) is 33.2. The molecule has 2 aliphatic rings. The van der Waals surface area contributed by atoms with Crippen molar-refractivity contribution in [2.45, 2.75) is 110 Å². The second-order valence-corrected chi connectivity index (χ2v) is 21.6. The summed E-state index contributed by atoms with van der Waals surface area (Å²) >= 11 is 8.33. The highest BCUT2D eigenvalue weighted by Gasteiger charge is 2.50. The Hall–Kier alpha value is -2.17. The lowest BCUT2D eigenvalue weighted by molar-refractivity contribution is 0.00116. The van der Waals surface area contributed by atoms with Gasteiger partial charge in [0.15, 0.2) is 8.32 Å². The highest BCUT2D eigenvalue weighted by Crippen LogP contribution is 2.47. The molecule has 2 aromatic heterocycles. The van der Waals surface area contributed by atoms with E-state index in [9.17, 15) is 9.90 Å². The summed E-state index contributed by atoms with van der Waals surface area (Å²) in [5.74, 6) is 0. The summed E-state index contributed by atoms with van der Waals surface area (Å²) in [5.41, 5.74) is 4.28. The summed E-state index contributed by atoms with van der Waals surface area (Å²) in [7, 11) is -2.07. The van der Waals surface area contributed by atoms with Crippen molar-refractivity contribution >= 4 is 53.3 Å². The Labute approximate surface area is 272 Å². The Morgan fingerprint density at radius 3 is 2.57 bits per heavy atom. The number of hydrogen-bond donors (Lipinski definition) is 1. The maximum atomic E-state index is 13.8. The smallest absolute Gasteiger partial charge is 0.410 e. The zero-order valence-electron chi connectivity index (χ0n) is 27.7. The zero-order chi connectivity index (χ0) is 32.2. The van der Waals surface area contributed by atoms with Gasteiger partial charge in [0.2, 0.25) is 0 Å². The number of ether oxygens (including phenoxy) is 1. The molecule has 0 aliphatic carbocycles. The van der Waals surface area contributed by atoms with Crippen LogP contribution in [0.15, 0.2) is 30.5 Å². The number of aromatic nitrogens is 1. The number of anilines is 1. The van der Waals surface area contributed by atoms with Crippen LogP contribution >= 0.6 is 22.9 Å². The molecule has 1 aromatic carbocycles. The van der Waals surface area contributed by atoms with Crippen LogP contribution in [0.25, 0.3) is 21.3 Å². The van der Waals surface area contributed by atoms with Gasteiger partial charge in [0.05, 0.1) is 29.0 Å². The number of aliphatic hydroxyl groups excluding tert-OH is 1. The van der Waals surface area contributed by atoms with E-state index in [1.54, 1.807) is 11.3 Å². The van der Waals surface area contributed by atoms with Gasteiger partial charge in [-0.3, -0.25) is 9.88 Å². The number of carbonyl (C=O) groups is 1. The van der Waals surface area contributed by atoms with E-state index >= 15 is 0 Å². The quantitative estimate of drug-likeness (QED) is 0.268. The number of aliphatic hydroxyl groups is 1. The molecule has 44 heavy (non-hydrogen) atoms. The Kier molecular flexibility index (Phi) is 8.96. The molecule has 1 saturated heterocycles. The van der Waals surface area contributed by atoms with Gasteiger partial charge in [-0.15, -0.1) is 11.3 Å². The fourth-order valence-corrected chi connectivity index (χ4v) is 8.56. The molecule has 0 radical (unpaired) electrons. The SMILES string of the molecule is CC(C)(C)OC(=O)N1C[C@@H](N2CCCc3cc(Cl)cc(-c4ccnc5cc(CO)sc45)c32)C[C@]1(C)CO[Si](C)(C)C(C)(C)C. The van der Waals surface area contributed by atoms with Crippen LogP contribution in [0.3, 0.4) is 0 Å². The van der Waals surface area contributed by atoms with E-state index in [4.69, 9.17) is 20.8 Å². The molecule has 1 fully saturated rings. The minimum Gasteiger partial charge on any atom is -0.444 e. The maximum absolute atomic E-state index is 13.8. The highest BCUT2D eigenvalue weighted by molar-refractivity contribution is 7.19. The summed E-state index contributed by atoms with van der Waals surface area (Å²) in [6, 6.07) is 8.24. The van der Waals surface area contributed by atoms with Gasteiger partial charge < -0.3 is 19.2 Å². The van der Waals surface area contributed by atoms with Crippen molar-refractivity contribution < 1.29 is 19.1 Å². The second-order valence-electron chi connectivity index (χ2n) is 15.2. The minimum atomic E-state index is -2.07. The Morgan fingerprint density at radius 1 is 1.18 bits per heavy atom. The third-order valence-corrected chi connectivity index (χ3v) is 15.4. The molecule has 0 unspecified atom stereocenters. The zero-order valence-corrected chi connectivity index (χ0v) is 30.3. The van der Waals surface area contributed by atoms with Crippen LogP contribution in [-0.4, -0.2) is 66.3 Å². The topological polar surface area (TPSA) is 75.1 Å². The number of amides is 1. The maximum Gasteiger partial charge on any atom is 0.410 e. The van der Waals surface area contributed by atoms with Crippen LogP contribution < -0.4 is 4.90 Å². The molecule has 4 heterocycles. The van der Waals surface area contributed by atoms with Gasteiger partial charge >= 0.3 is 6.09 Å². The molecule has 2 atom stereocenters. The number of aryl methyl sites for hydroxylation is 1. The summed E-state index contributed by atoms with van der Waals surface area (Å²) in [5, 5.41) is 10.6. The van der Waals surface area contributed by atoms with Crippen molar-refractivity contribution in [2.24, 2.45) is 0 Å². The van der Waals surface area contributed by atoms with Gasteiger partial charge in [-0.25, -0.2) is 4.79 Å².